The van der Waals surface area contributed by atoms with Gasteiger partial charge in [0, 0.05) is 25.7 Å². The lowest BCUT2D eigenvalue weighted by Gasteiger charge is -2.21. The molecule has 0 aromatic heterocycles. The van der Waals surface area contributed by atoms with E-state index in [0.717, 1.165) is 115 Å². The topological polar surface area (TPSA) is 237 Å². The van der Waals surface area contributed by atoms with Crippen LogP contribution in [0.1, 0.15) is 356 Å². The zero-order chi connectivity index (χ0) is 65.7. The molecule has 5 atom stereocenters. The zero-order valence-electron chi connectivity index (χ0n) is 57.7. The Morgan fingerprint density at radius 2 is 0.517 bits per heavy atom. The fourth-order valence-corrected chi connectivity index (χ4v) is 12.2. The van der Waals surface area contributed by atoms with Crippen LogP contribution in [0.25, 0.3) is 0 Å². The summed E-state index contributed by atoms with van der Waals surface area (Å²) in [6.07, 6.45) is 47.7. The smallest absolute Gasteiger partial charge is 0.462 e. The summed E-state index contributed by atoms with van der Waals surface area (Å²) in [5, 5.41) is 10.5. The van der Waals surface area contributed by atoms with Crippen molar-refractivity contribution in [2.75, 3.05) is 39.6 Å². The lowest BCUT2D eigenvalue weighted by atomic mass is 10.0. The summed E-state index contributed by atoms with van der Waals surface area (Å²) < 4.78 is 68.0. The van der Waals surface area contributed by atoms with Crippen LogP contribution in [0.15, 0.2) is 0 Å². The van der Waals surface area contributed by atoms with Gasteiger partial charge < -0.3 is 33.8 Å². The van der Waals surface area contributed by atoms with E-state index in [1.165, 1.54) is 161 Å². The van der Waals surface area contributed by atoms with Crippen LogP contribution in [-0.2, 0) is 65.4 Å². The fraction of sp³-hybridized carbons (Fsp3) is 0.943. The average molecular weight is 1310 g/mol. The summed E-state index contributed by atoms with van der Waals surface area (Å²) in [6, 6.07) is 0. The number of aliphatic hydroxyl groups is 1. The highest BCUT2D eigenvalue weighted by molar-refractivity contribution is 7.47. The van der Waals surface area contributed by atoms with E-state index in [-0.39, 0.29) is 25.7 Å². The van der Waals surface area contributed by atoms with Crippen LogP contribution in [0.4, 0.5) is 0 Å². The Morgan fingerprint density at radius 3 is 0.764 bits per heavy atom. The molecule has 0 fully saturated rings. The number of esters is 4. The molecule has 0 radical (unpaired) electrons. The van der Waals surface area contributed by atoms with Gasteiger partial charge in [-0.15, -0.1) is 0 Å². The van der Waals surface area contributed by atoms with Crippen molar-refractivity contribution in [3.63, 3.8) is 0 Å². The molecule has 0 saturated carbocycles. The molecule has 19 heteroatoms. The SMILES string of the molecule is CCCCCCCCCCC(=O)O[C@H](COC(=O)CCCCCCC)COP(=O)(O)OC[C@H](O)COP(=O)(O)OC[C@@H](COC(=O)CCCCCCCCCCCCCCCCCC(C)C)OC(=O)CCCCCCCCCCCCCCCCCC(C)C. The maximum Gasteiger partial charge on any atom is 0.472 e. The number of carbonyl (C=O) groups is 4. The third-order valence-electron chi connectivity index (χ3n) is 16.2. The fourth-order valence-electron chi connectivity index (χ4n) is 10.6. The van der Waals surface area contributed by atoms with Crippen molar-refractivity contribution in [2.24, 2.45) is 11.8 Å². The average Bonchev–Trinajstić information content (AvgIpc) is 3.69. The highest BCUT2D eigenvalue weighted by Gasteiger charge is 2.30. The predicted octanol–water partition coefficient (Wildman–Crippen LogP) is 20.0. The van der Waals surface area contributed by atoms with E-state index in [2.05, 4.69) is 41.5 Å². The Balaban J connectivity index is 5.12. The Labute approximate surface area is 543 Å². The molecule has 0 amide bonds. The molecular formula is C70H136O17P2. The molecule has 17 nitrogen and oxygen atoms in total. The molecule has 0 aromatic carbocycles. The van der Waals surface area contributed by atoms with Gasteiger partial charge in [-0.25, -0.2) is 9.13 Å². The Kier molecular flexibility index (Phi) is 60.8. The van der Waals surface area contributed by atoms with E-state index < -0.39 is 97.5 Å². The van der Waals surface area contributed by atoms with E-state index in [1.54, 1.807) is 0 Å². The molecule has 0 rings (SSSR count). The summed E-state index contributed by atoms with van der Waals surface area (Å²) in [7, 11) is -9.88. The summed E-state index contributed by atoms with van der Waals surface area (Å²) in [4.78, 5) is 72.1. The van der Waals surface area contributed by atoms with E-state index in [0.29, 0.717) is 25.7 Å². The molecule has 0 saturated heterocycles. The second-order valence-electron chi connectivity index (χ2n) is 26.2. The minimum Gasteiger partial charge on any atom is -0.462 e. The molecular weight excluding hydrogens is 1170 g/mol. The molecule has 2 unspecified atom stereocenters. The van der Waals surface area contributed by atoms with Crippen LogP contribution in [0, 0.1) is 11.8 Å². The summed E-state index contributed by atoms with van der Waals surface area (Å²) in [6.45, 7) is 9.48. The minimum absolute atomic E-state index is 0.104. The van der Waals surface area contributed by atoms with Crippen molar-refractivity contribution in [1.82, 2.24) is 0 Å². The zero-order valence-corrected chi connectivity index (χ0v) is 59.5. The molecule has 3 N–H and O–H groups in total. The molecule has 0 aliphatic heterocycles. The van der Waals surface area contributed by atoms with E-state index in [1.807, 2.05) is 0 Å². The molecule has 0 spiro atoms. The quantitative estimate of drug-likeness (QED) is 0.0222. The van der Waals surface area contributed by atoms with Crippen molar-refractivity contribution >= 4 is 39.5 Å². The first kappa shape index (κ1) is 87.1. The lowest BCUT2D eigenvalue weighted by molar-refractivity contribution is -0.161. The van der Waals surface area contributed by atoms with Crippen LogP contribution in [-0.4, -0.2) is 96.7 Å². The van der Waals surface area contributed by atoms with Gasteiger partial charge in [-0.05, 0) is 37.5 Å². The van der Waals surface area contributed by atoms with Gasteiger partial charge in [0.1, 0.15) is 19.3 Å². The summed E-state index contributed by atoms with van der Waals surface area (Å²) in [5.74, 6) is -0.529. The first-order valence-corrected chi connectivity index (χ1v) is 39.5. The highest BCUT2D eigenvalue weighted by atomic mass is 31.2. The number of hydrogen-bond acceptors (Lipinski definition) is 15. The van der Waals surface area contributed by atoms with Crippen molar-refractivity contribution in [1.29, 1.82) is 0 Å². The first-order valence-electron chi connectivity index (χ1n) is 36.5. The van der Waals surface area contributed by atoms with Crippen molar-refractivity contribution in [2.45, 2.75) is 374 Å². The number of phosphoric acid groups is 2. The van der Waals surface area contributed by atoms with Crippen molar-refractivity contribution in [3.8, 4) is 0 Å². The monoisotopic (exact) mass is 1310 g/mol. The third kappa shape index (κ3) is 64.6. The van der Waals surface area contributed by atoms with Gasteiger partial charge in [0.15, 0.2) is 12.2 Å². The minimum atomic E-state index is -4.95. The largest absolute Gasteiger partial charge is 0.472 e. The van der Waals surface area contributed by atoms with E-state index >= 15 is 0 Å². The number of unbranched alkanes of at least 4 members (excludes halogenated alkanes) is 39. The second-order valence-corrected chi connectivity index (χ2v) is 29.1. The number of hydrogen-bond donors (Lipinski definition) is 3. The molecule has 0 heterocycles. The second kappa shape index (κ2) is 62.2. The number of rotatable bonds is 69. The van der Waals surface area contributed by atoms with E-state index in [4.69, 9.17) is 37.0 Å². The normalized spacial score (nSPS) is 14.1. The van der Waals surface area contributed by atoms with Crippen LogP contribution in [0.3, 0.4) is 0 Å². The van der Waals surface area contributed by atoms with Gasteiger partial charge in [0.2, 0.25) is 0 Å². The van der Waals surface area contributed by atoms with Crippen LogP contribution < -0.4 is 0 Å². The Bertz CT molecular complexity index is 1730. The van der Waals surface area contributed by atoms with Crippen molar-refractivity contribution in [3.05, 3.63) is 0 Å². The third-order valence-corrected chi connectivity index (χ3v) is 18.1. The first-order chi connectivity index (χ1) is 42.9. The maximum absolute atomic E-state index is 13.0. The number of carbonyl (C=O) groups excluding carboxylic acids is 4. The van der Waals surface area contributed by atoms with Crippen LogP contribution in [0.2, 0.25) is 0 Å². The van der Waals surface area contributed by atoms with Crippen molar-refractivity contribution < 1.29 is 80.2 Å². The number of phosphoric ester groups is 2. The van der Waals surface area contributed by atoms with Gasteiger partial charge in [0.25, 0.3) is 0 Å². The van der Waals surface area contributed by atoms with Gasteiger partial charge >= 0.3 is 39.5 Å². The number of aliphatic hydroxyl groups excluding tert-OH is 1. The lowest BCUT2D eigenvalue weighted by Crippen LogP contribution is -2.30. The molecule has 89 heavy (non-hydrogen) atoms. The van der Waals surface area contributed by atoms with Gasteiger partial charge in [-0.3, -0.25) is 37.3 Å². The van der Waals surface area contributed by atoms with Crippen LogP contribution in [0.5, 0.6) is 0 Å². The molecule has 528 valence electrons. The highest BCUT2D eigenvalue weighted by Crippen LogP contribution is 2.45. The van der Waals surface area contributed by atoms with Gasteiger partial charge in [0.05, 0.1) is 26.4 Å². The standard InChI is InChI=1S/C70H136O17P2/c1-7-9-11-13-14-35-42-48-54-69(74)86-65(58-80-67(72)52-46-38-12-10-8-2)60-84-88(76,77)82-56-64(71)57-83-89(78,79)85-61-66(87-70(75)55-49-43-37-32-28-24-20-16-18-22-26-30-34-40-45-51-63(5)6)59-81-68(73)53-47-41-36-31-27-23-19-15-17-21-25-29-33-39-44-50-62(3)4/h62-66,71H,7-61H2,1-6H3,(H,76,77)(H,78,79)/t64-,65+,66+/m0/s1. The Hall–Kier alpha value is -1.94. The maximum atomic E-state index is 13.0. The molecule has 0 aliphatic rings. The molecule has 0 aromatic rings. The summed E-state index contributed by atoms with van der Waals surface area (Å²) in [5.41, 5.74) is 0. The van der Waals surface area contributed by atoms with Gasteiger partial charge in [-0.1, -0.05) is 305 Å². The van der Waals surface area contributed by atoms with Gasteiger partial charge in [-0.2, -0.15) is 0 Å². The van der Waals surface area contributed by atoms with Crippen LogP contribution >= 0.6 is 15.6 Å². The Morgan fingerprint density at radius 1 is 0.303 bits per heavy atom. The molecule has 0 bridgehead atoms. The van der Waals surface area contributed by atoms with E-state index in [9.17, 15) is 43.2 Å². The molecule has 0 aliphatic carbocycles. The summed E-state index contributed by atoms with van der Waals surface area (Å²) >= 11 is 0. The predicted molar refractivity (Wildman–Crippen MR) is 358 cm³/mol. The number of ether oxygens (including phenoxy) is 4.